The maximum atomic E-state index is 11.1. The molecule has 1 aromatic carbocycles. The molecule has 1 heterocycles. The van der Waals surface area contributed by atoms with Crippen molar-refractivity contribution in [3.63, 3.8) is 0 Å². The Kier molecular flexibility index (Phi) is 3.19. The first kappa shape index (κ1) is 11.3. The van der Waals surface area contributed by atoms with E-state index in [1.165, 1.54) is 0 Å². The van der Waals surface area contributed by atoms with Gasteiger partial charge in [0, 0.05) is 12.4 Å². The van der Waals surface area contributed by atoms with E-state index in [0.717, 1.165) is 16.7 Å². The molecule has 0 amide bonds. The van der Waals surface area contributed by atoms with Crippen LogP contribution in [0.1, 0.15) is 18.4 Å². The SMILES string of the molecule is C[C@@H](C(=O)O)c1ccccc1-c1ccncc1. The van der Waals surface area contributed by atoms with E-state index in [1.54, 1.807) is 19.3 Å². The number of carbonyl (C=O) groups is 1. The van der Waals surface area contributed by atoms with Gasteiger partial charge >= 0.3 is 5.97 Å². The molecule has 2 rings (SSSR count). The zero-order chi connectivity index (χ0) is 12.3. The number of carboxylic acids is 1. The molecule has 0 aliphatic rings. The van der Waals surface area contributed by atoms with Crippen LogP contribution in [0.5, 0.6) is 0 Å². The summed E-state index contributed by atoms with van der Waals surface area (Å²) in [7, 11) is 0. The summed E-state index contributed by atoms with van der Waals surface area (Å²) < 4.78 is 0. The van der Waals surface area contributed by atoms with Gasteiger partial charge in [-0.25, -0.2) is 0 Å². The molecule has 0 aliphatic carbocycles. The lowest BCUT2D eigenvalue weighted by atomic mass is 9.92. The van der Waals surface area contributed by atoms with Gasteiger partial charge < -0.3 is 5.11 Å². The first-order chi connectivity index (χ1) is 8.20. The van der Waals surface area contributed by atoms with Crippen molar-refractivity contribution >= 4 is 5.97 Å². The van der Waals surface area contributed by atoms with Crippen LogP contribution in [0.15, 0.2) is 48.8 Å². The van der Waals surface area contributed by atoms with E-state index in [9.17, 15) is 4.79 Å². The van der Waals surface area contributed by atoms with E-state index in [4.69, 9.17) is 5.11 Å². The Balaban J connectivity index is 2.52. The summed E-state index contributed by atoms with van der Waals surface area (Å²) in [6.07, 6.45) is 3.41. The summed E-state index contributed by atoms with van der Waals surface area (Å²) in [5, 5.41) is 9.09. The van der Waals surface area contributed by atoms with Gasteiger partial charge in [0.1, 0.15) is 0 Å². The summed E-state index contributed by atoms with van der Waals surface area (Å²) >= 11 is 0. The van der Waals surface area contributed by atoms with Gasteiger partial charge in [0.25, 0.3) is 0 Å². The van der Waals surface area contributed by atoms with Gasteiger partial charge in [0.2, 0.25) is 0 Å². The number of aliphatic carboxylic acids is 1. The fraction of sp³-hybridized carbons (Fsp3) is 0.143. The summed E-state index contributed by atoms with van der Waals surface area (Å²) in [5.41, 5.74) is 2.76. The van der Waals surface area contributed by atoms with Gasteiger partial charge in [-0.15, -0.1) is 0 Å². The van der Waals surface area contributed by atoms with Gasteiger partial charge in [0.05, 0.1) is 5.92 Å². The van der Waals surface area contributed by atoms with Crippen LogP contribution in [0.25, 0.3) is 11.1 Å². The summed E-state index contributed by atoms with van der Waals surface area (Å²) in [6.45, 7) is 1.70. The average molecular weight is 227 g/mol. The summed E-state index contributed by atoms with van der Waals surface area (Å²) in [5.74, 6) is -1.33. The maximum absolute atomic E-state index is 11.1. The van der Waals surface area contributed by atoms with Crippen molar-refractivity contribution in [1.29, 1.82) is 0 Å². The van der Waals surface area contributed by atoms with Gasteiger partial charge in [0.15, 0.2) is 0 Å². The molecule has 0 aliphatic heterocycles. The molecule has 0 saturated carbocycles. The van der Waals surface area contributed by atoms with Crippen LogP contribution in [0.2, 0.25) is 0 Å². The second-order valence-corrected chi connectivity index (χ2v) is 3.88. The number of carboxylic acid groups (broad SMARTS) is 1. The monoisotopic (exact) mass is 227 g/mol. The summed E-state index contributed by atoms with van der Waals surface area (Å²) in [6, 6.07) is 11.3. The van der Waals surface area contributed by atoms with Crippen LogP contribution in [0, 0.1) is 0 Å². The van der Waals surface area contributed by atoms with E-state index in [2.05, 4.69) is 4.98 Å². The van der Waals surface area contributed by atoms with Crippen LogP contribution in [0.3, 0.4) is 0 Å². The van der Waals surface area contributed by atoms with Gasteiger partial charge in [-0.05, 0) is 35.7 Å². The van der Waals surface area contributed by atoms with E-state index < -0.39 is 11.9 Å². The Hall–Kier alpha value is -2.16. The predicted molar refractivity (Wildman–Crippen MR) is 65.7 cm³/mol. The third-order valence-electron chi connectivity index (χ3n) is 2.79. The van der Waals surface area contributed by atoms with Crippen LogP contribution < -0.4 is 0 Å². The number of aromatic nitrogens is 1. The number of benzene rings is 1. The summed E-state index contributed by atoms with van der Waals surface area (Å²) in [4.78, 5) is 15.0. The lowest BCUT2D eigenvalue weighted by molar-refractivity contribution is -0.138. The minimum absolute atomic E-state index is 0.514. The Morgan fingerprint density at radius 2 is 1.82 bits per heavy atom. The second-order valence-electron chi connectivity index (χ2n) is 3.88. The van der Waals surface area contributed by atoms with Gasteiger partial charge in [-0.1, -0.05) is 24.3 Å². The van der Waals surface area contributed by atoms with Crippen molar-refractivity contribution in [2.75, 3.05) is 0 Å². The van der Waals surface area contributed by atoms with Crippen molar-refractivity contribution in [2.45, 2.75) is 12.8 Å². The van der Waals surface area contributed by atoms with Crippen molar-refractivity contribution < 1.29 is 9.90 Å². The number of nitrogens with zero attached hydrogens (tertiary/aromatic N) is 1. The molecule has 3 heteroatoms. The number of rotatable bonds is 3. The number of hydrogen-bond acceptors (Lipinski definition) is 2. The van der Waals surface area contributed by atoms with E-state index in [0.29, 0.717) is 0 Å². The normalized spacial score (nSPS) is 12.1. The van der Waals surface area contributed by atoms with Crippen molar-refractivity contribution in [3.05, 3.63) is 54.4 Å². The molecule has 0 bridgehead atoms. The molecule has 1 N–H and O–H groups in total. The molecule has 86 valence electrons. The minimum Gasteiger partial charge on any atom is -0.481 e. The highest BCUT2D eigenvalue weighted by atomic mass is 16.4. The lowest BCUT2D eigenvalue weighted by Gasteiger charge is -2.12. The fourth-order valence-electron chi connectivity index (χ4n) is 1.80. The lowest BCUT2D eigenvalue weighted by Crippen LogP contribution is -2.08. The minimum atomic E-state index is -0.813. The molecule has 0 saturated heterocycles. The Bertz CT molecular complexity index is 523. The molecule has 1 atom stereocenters. The average Bonchev–Trinajstić information content (AvgIpc) is 2.39. The maximum Gasteiger partial charge on any atom is 0.310 e. The predicted octanol–water partition coefficient (Wildman–Crippen LogP) is 2.94. The standard InChI is InChI=1S/C14H13NO2/c1-10(14(16)17)12-4-2-3-5-13(12)11-6-8-15-9-7-11/h2-10H,1H3,(H,16,17)/t10-/m1/s1. The van der Waals surface area contributed by atoms with E-state index >= 15 is 0 Å². The highest BCUT2D eigenvalue weighted by molar-refractivity contribution is 5.80. The van der Waals surface area contributed by atoms with E-state index in [-0.39, 0.29) is 0 Å². The first-order valence-electron chi connectivity index (χ1n) is 5.42. The molecular weight excluding hydrogens is 214 g/mol. The van der Waals surface area contributed by atoms with Gasteiger partial charge in [-0.2, -0.15) is 0 Å². The molecule has 17 heavy (non-hydrogen) atoms. The molecule has 3 nitrogen and oxygen atoms in total. The van der Waals surface area contributed by atoms with E-state index in [1.807, 2.05) is 36.4 Å². The number of pyridine rings is 1. The second kappa shape index (κ2) is 4.78. The molecular formula is C14H13NO2. The van der Waals surface area contributed by atoms with Crippen molar-refractivity contribution in [1.82, 2.24) is 4.98 Å². The highest BCUT2D eigenvalue weighted by Crippen LogP contribution is 2.28. The molecule has 2 aromatic rings. The molecule has 1 aromatic heterocycles. The molecule has 0 unspecified atom stereocenters. The quantitative estimate of drug-likeness (QED) is 0.877. The Labute approximate surface area is 99.8 Å². The molecule has 0 fully saturated rings. The smallest absolute Gasteiger partial charge is 0.310 e. The zero-order valence-corrected chi connectivity index (χ0v) is 9.50. The highest BCUT2D eigenvalue weighted by Gasteiger charge is 2.17. The molecule has 0 radical (unpaired) electrons. The number of hydrogen-bond donors (Lipinski definition) is 1. The topological polar surface area (TPSA) is 50.2 Å². The molecule has 0 spiro atoms. The third kappa shape index (κ3) is 2.33. The van der Waals surface area contributed by atoms with Gasteiger partial charge in [-0.3, -0.25) is 9.78 Å². The largest absolute Gasteiger partial charge is 0.481 e. The van der Waals surface area contributed by atoms with Crippen molar-refractivity contribution in [2.24, 2.45) is 0 Å². The Morgan fingerprint density at radius 1 is 1.18 bits per heavy atom. The van der Waals surface area contributed by atoms with Crippen LogP contribution in [-0.4, -0.2) is 16.1 Å². The third-order valence-corrected chi connectivity index (χ3v) is 2.79. The first-order valence-corrected chi connectivity index (χ1v) is 5.42. The van der Waals surface area contributed by atoms with Crippen LogP contribution >= 0.6 is 0 Å². The van der Waals surface area contributed by atoms with Crippen molar-refractivity contribution in [3.8, 4) is 11.1 Å². The Morgan fingerprint density at radius 3 is 2.47 bits per heavy atom. The fourth-order valence-corrected chi connectivity index (χ4v) is 1.80. The van der Waals surface area contributed by atoms with Crippen LogP contribution in [-0.2, 0) is 4.79 Å². The van der Waals surface area contributed by atoms with Crippen LogP contribution in [0.4, 0.5) is 0 Å². The zero-order valence-electron chi connectivity index (χ0n) is 9.50.